The number of aryl methyl sites for hydroxylation is 2. The van der Waals surface area contributed by atoms with Crippen LogP contribution >= 0.6 is 0 Å². The fourth-order valence-corrected chi connectivity index (χ4v) is 1.10. The number of aliphatic hydroxyl groups is 1. The quantitative estimate of drug-likeness (QED) is 0.710. The normalized spacial score (nSPS) is 12.6. The minimum atomic E-state index is -0.887. The molecular formula is C9H14N2O3. The van der Waals surface area contributed by atoms with Crippen LogP contribution in [0.3, 0.4) is 0 Å². The highest BCUT2D eigenvalue weighted by Crippen LogP contribution is 2.16. The summed E-state index contributed by atoms with van der Waals surface area (Å²) in [7, 11) is 3.07. The molecule has 0 aliphatic heterocycles. The molecular weight excluding hydrogens is 184 g/mol. The zero-order chi connectivity index (χ0) is 10.7. The molecule has 0 amide bonds. The zero-order valence-electron chi connectivity index (χ0n) is 8.52. The Morgan fingerprint density at radius 2 is 2.43 bits per heavy atom. The highest BCUT2D eigenvalue weighted by molar-refractivity contribution is 5.69. The lowest BCUT2D eigenvalue weighted by atomic mass is 10.2. The van der Waals surface area contributed by atoms with Crippen LogP contribution in [0.25, 0.3) is 0 Å². The van der Waals surface area contributed by atoms with E-state index in [2.05, 4.69) is 9.84 Å². The molecule has 0 spiro atoms. The first-order valence-corrected chi connectivity index (χ1v) is 4.30. The van der Waals surface area contributed by atoms with Crippen molar-refractivity contribution in [2.45, 2.75) is 19.4 Å². The van der Waals surface area contributed by atoms with E-state index in [0.29, 0.717) is 5.69 Å². The van der Waals surface area contributed by atoms with Gasteiger partial charge in [-0.25, -0.2) is 0 Å². The van der Waals surface area contributed by atoms with E-state index < -0.39 is 12.1 Å². The fraction of sp³-hybridized carbons (Fsp3) is 0.556. The summed E-state index contributed by atoms with van der Waals surface area (Å²) in [6.45, 7) is 1.88. The van der Waals surface area contributed by atoms with Gasteiger partial charge in [-0.1, -0.05) is 0 Å². The van der Waals surface area contributed by atoms with Crippen LogP contribution in [0.4, 0.5) is 0 Å². The average Bonchev–Trinajstić information content (AvgIpc) is 2.47. The van der Waals surface area contributed by atoms with E-state index in [1.165, 1.54) is 7.11 Å². The number of carbonyl (C=O) groups is 1. The maximum absolute atomic E-state index is 10.9. The monoisotopic (exact) mass is 198 g/mol. The molecule has 0 radical (unpaired) electrons. The smallest absolute Gasteiger partial charge is 0.308 e. The Bertz CT molecular complexity index is 313. The van der Waals surface area contributed by atoms with E-state index in [1.54, 1.807) is 17.8 Å². The second-order valence-corrected chi connectivity index (χ2v) is 3.13. The van der Waals surface area contributed by atoms with Crippen molar-refractivity contribution in [1.29, 1.82) is 0 Å². The number of hydrogen-bond donors (Lipinski definition) is 1. The third-order valence-electron chi connectivity index (χ3n) is 2.06. The largest absolute Gasteiger partial charge is 0.469 e. The van der Waals surface area contributed by atoms with E-state index in [-0.39, 0.29) is 6.42 Å². The lowest BCUT2D eigenvalue weighted by molar-refractivity contribution is -0.142. The number of methoxy groups -OCH3 is 1. The SMILES string of the molecule is COC(=O)C[C@H](O)c1cc(C)n(C)n1. The van der Waals surface area contributed by atoms with Crippen molar-refractivity contribution >= 4 is 5.97 Å². The molecule has 78 valence electrons. The maximum atomic E-state index is 10.9. The van der Waals surface area contributed by atoms with Gasteiger partial charge in [0.1, 0.15) is 6.10 Å². The molecule has 1 atom stereocenters. The highest BCUT2D eigenvalue weighted by atomic mass is 16.5. The molecule has 0 saturated carbocycles. The number of hydrogen-bond acceptors (Lipinski definition) is 4. The van der Waals surface area contributed by atoms with E-state index in [1.807, 2.05) is 6.92 Å². The van der Waals surface area contributed by atoms with Gasteiger partial charge in [0.25, 0.3) is 0 Å². The predicted molar refractivity (Wildman–Crippen MR) is 49.5 cm³/mol. The minimum Gasteiger partial charge on any atom is -0.469 e. The summed E-state index contributed by atoms with van der Waals surface area (Å²) in [5.74, 6) is -0.444. The third-order valence-corrected chi connectivity index (χ3v) is 2.06. The Morgan fingerprint density at radius 3 is 2.86 bits per heavy atom. The van der Waals surface area contributed by atoms with Gasteiger partial charge in [-0.05, 0) is 13.0 Å². The molecule has 0 unspecified atom stereocenters. The summed E-state index contributed by atoms with van der Waals surface area (Å²) < 4.78 is 6.09. The average molecular weight is 198 g/mol. The summed E-state index contributed by atoms with van der Waals surface area (Å²) in [4.78, 5) is 10.9. The standard InChI is InChI=1S/C9H14N2O3/c1-6-4-7(10-11(6)2)8(12)5-9(13)14-3/h4,8,12H,5H2,1-3H3/t8-/m0/s1. The Morgan fingerprint density at radius 1 is 1.79 bits per heavy atom. The van der Waals surface area contributed by atoms with E-state index in [4.69, 9.17) is 0 Å². The van der Waals surface area contributed by atoms with Gasteiger partial charge in [-0.15, -0.1) is 0 Å². The van der Waals surface area contributed by atoms with Crippen LogP contribution in [0.5, 0.6) is 0 Å². The molecule has 14 heavy (non-hydrogen) atoms. The molecule has 0 saturated heterocycles. The minimum absolute atomic E-state index is 0.0625. The molecule has 5 nitrogen and oxygen atoms in total. The first kappa shape index (κ1) is 10.7. The molecule has 0 aliphatic rings. The third kappa shape index (κ3) is 2.32. The van der Waals surface area contributed by atoms with Crippen molar-refractivity contribution in [1.82, 2.24) is 9.78 Å². The number of aliphatic hydroxyl groups excluding tert-OH is 1. The molecule has 0 fully saturated rings. The van der Waals surface area contributed by atoms with E-state index in [9.17, 15) is 9.90 Å². The Kier molecular flexibility index (Phi) is 3.24. The number of carbonyl (C=O) groups excluding carboxylic acids is 1. The van der Waals surface area contributed by atoms with Gasteiger partial charge >= 0.3 is 5.97 Å². The van der Waals surface area contributed by atoms with Gasteiger partial charge in [0.05, 0.1) is 19.2 Å². The second-order valence-electron chi connectivity index (χ2n) is 3.13. The van der Waals surface area contributed by atoms with Crippen LogP contribution in [0.15, 0.2) is 6.07 Å². The Balaban J connectivity index is 2.69. The first-order chi connectivity index (χ1) is 6.54. The van der Waals surface area contributed by atoms with Gasteiger partial charge < -0.3 is 9.84 Å². The number of aromatic nitrogens is 2. The summed E-state index contributed by atoms with van der Waals surface area (Å²) in [5.41, 5.74) is 1.43. The van der Waals surface area contributed by atoms with Crippen LogP contribution in [0, 0.1) is 6.92 Å². The van der Waals surface area contributed by atoms with Crippen molar-refractivity contribution in [3.05, 3.63) is 17.5 Å². The number of nitrogens with zero attached hydrogens (tertiary/aromatic N) is 2. The van der Waals surface area contributed by atoms with Crippen molar-refractivity contribution in [2.24, 2.45) is 7.05 Å². The summed E-state index contributed by atoms with van der Waals surface area (Å²) in [6, 6.07) is 1.74. The van der Waals surface area contributed by atoms with E-state index in [0.717, 1.165) is 5.69 Å². The topological polar surface area (TPSA) is 64.3 Å². The van der Waals surface area contributed by atoms with Gasteiger partial charge in [-0.2, -0.15) is 5.10 Å². The number of rotatable bonds is 3. The number of ether oxygens (including phenoxy) is 1. The molecule has 1 aromatic rings. The van der Waals surface area contributed by atoms with Gasteiger partial charge in [0.15, 0.2) is 0 Å². The van der Waals surface area contributed by atoms with Crippen LogP contribution in [0.1, 0.15) is 23.9 Å². The molecule has 1 aromatic heterocycles. The maximum Gasteiger partial charge on any atom is 0.308 e. The highest BCUT2D eigenvalue weighted by Gasteiger charge is 2.16. The molecule has 0 aliphatic carbocycles. The molecule has 1 heterocycles. The molecule has 1 rings (SSSR count). The Hall–Kier alpha value is -1.36. The molecule has 0 bridgehead atoms. The molecule has 1 N–H and O–H groups in total. The van der Waals surface area contributed by atoms with Gasteiger partial charge in [0.2, 0.25) is 0 Å². The second kappa shape index (κ2) is 4.23. The molecule has 5 heteroatoms. The van der Waals surface area contributed by atoms with Crippen molar-refractivity contribution in [3.63, 3.8) is 0 Å². The molecule has 0 aromatic carbocycles. The summed E-state index contributed by atoms with van der Waals surface area (Å²) in [6.07, 6.45) is -0.949. The van der Waals surface area contributed by atoms with Gasteiger partial charge in [-0.3, -0.25) is 9.48 Å². The Labute approximate surface area is 82.3 Å². The van der Waals surface area contributed by atoms with Crippen LogP contribution in [0.2, 0.25) is 0 Å². The lowest BCUT2D eigenvalue weighted by Gasteiger charge is -2.04. The first-order valence-electron chi connectivity index (χ1n) is 4.30. The van der Waals surface area contributed by atoms with Crippen LogP contribution < -0.4 is 0 Å². The van der Waals surface area contributed by atoms with Crippen LogP contribution in [-0.2, 0) is 16.6 Å². The summed E-state index contributed by atoms with van der Waals surface area (Å²) >= 11 is 0. The summed E-state index contributed by atoms with van der Waals surface area (Å²) in [5, 5.41) is 13.6. The van der Waals surface area contributed by atoms with E-state index >= 15 is 0 Å². The van der Waals surface area contributed by atoms with Crippen molar-refractivity contribution in [2.75, 3.05) is 7.11 Å². The van der Waals surface area contributed by atoms with Gasteiger partial charge in [0, 0.05) is 12.7 Å². The number of esters is 1. The van der Waals surface area contributed by atoms with Crippen molar-refractivity contribution < 1.29 is 14.6 Å². The predicted octanol–water partition coefficient (Wildman–Crippen LogP) is 0.325. The van der Waals surface area contributed by atoms with Crippen molar-refractivity contribution in [3.8, 4) is 0 Å². The fourth-order valence-electron chi connectivity index (χ4n) is 1.10. The van der Waals surface area contributed by atoms with Crippen LogP contribution in [-0.4, -0.2) is 28.0 Å². The lowest BCUT2D eigenvalue weighted by Crippen LogP contribution is -2.08. The zero-order valence-corrected chi connectivity index (χ0v) is 8.52.